The molecular formula is C28H46NO4P. The number of anilines is 2. The molecule has 34 heavy (non-hydrogen) atoms. The van der Waals surface area contributed by atoms with E-state index in [-0.39, 0.29) is 21.7 Å². The van der Waals surface area contributed by atoms with Crippen molar-refractivity contribution in [3.8, 4) is 0 Å². The highest BCUT2D eigenvalue weighted by Crippen LogP contribution is 2.39. The predicted molar refractivity (Wildman–Crippen MR) is 145 cm³/mol. The summed E-state index contributed by atoms with van der Waals surface area (Å²) in [5.41, 5.74) is 8.33. The van der Waals surface area contributed by atoms with E-state index in [4.69, 9.17) is 19.2 Å². The zero-order valence-corrected chi connectivity index (χ0v) is 24.1. The summed E-state index contributed by atoms with van der Waals surface area (Å²) >= 11 is 0. The van der Waals surface area contributed by atoms with Gasteiger partial charge in [-0.05, 0) is 56.0 Å². The molecule has 0 saturated carbocycles. The zero-order chi connectivity index (χ0) is 26.9. The van der Waals surface area contributed by atoms with E-state index in [2.05, 4.69) is 125 Å². The molecule has 2 aromatic carbocycles. The van der Waals surface area contributed by atoms with Gasteiger partial charge in [-0.3, -0.25) is 0 Å². The first-order valence-corrected chi connectivity index (χ1v) is 13.3. The molecule has 192 valence electrons. The lowest BCUT2D eigenvalue weighted by Gasteiger charge is -2.30. The minimum absolute atomic E-state index is 0.0663. The van der Waals surface area contributed by atoms with Gasteiger partial charge in [0, 0.05) is 11.4 Å². The quantitative estimate of drug-likeness (QED) is 0.323. The first-order chi connectivity index (χ1) is 14.9. The number of benzene rings is 2. The molecule has 0 radical (unpaired) electrons. The van der Waals surface area contributed by atoms with E-state index in [0.29, 0.717) is 0 Å². The lowest BCUT2D eigenvalue weighted by Crippen LogP contribution is -2.20. The van der Waals surface area contributed by atoms with E-state index in [0.717, 1.165) is 0 Å². The van der Waals surface area contributed by atoms with Gasteiger partial charge in [-0.25, -0.2) is 4.57 Å². The zero-order valence-electron chi connectivity index (χ0n) is 23.2. The van der Waals surface area contributed by atoms with Crippen LogP contribution in [-0.4, -0.2) is 14.7 Å². The minimum atomic E-state index is -4.64. The van der Waals surface area contributed by atoms with Crippen molar-refractivity contribution in [3.05, 3.63) is 58.7 Å². The molecule has 0 unspecified atom stereocenters. The largest absolute Gasteiger partial charge is 0.466 e. The summed E-state index contributed by atoms with van der Waals surface area (Å²) in [6.07, 6.45) is 0. The van der Waals surface area contributed by atoms with Gasteiger partial charge < -0.3 is 20.0 Å². The first kappa shape index (κ1) is 30.4. The van der Waals surface area contributed by atoms with Gasteiger partial charge in [-0.1, -0.05) is 107 Å². The Balaban J connectivity index is 0.00000104. The van der Waals surface area contributed by atoms with E-state index in [1.807, 2.05) is 0 Å². The average Bonchev–Trinajstić information content (AvgIpc) is 2.57. The predicted octanol–water partition coefficient (Wildman–Crippen LogP) is 7.69. The molecule has 0 aromatic heterocycles. The van der Waals surface area contributed by atoms with E-state index >= 15 is 0 Å². The van der Waals surface area contributed by atoms with Gasteiger partial charge in [0.15, 0.2) is 0 Å². The summed E-state index contributed by atoms with van der Waals surface area (Å²) in [4.78, 5) is 21.6. The third-order valence-corrected chi connectivity index (χ3v) is 5.66. The van der Waals surface area contributed by atoms with Crippen molar-refractivity contribution in [2.24, 2.45) is 0 Å². The number of nitrogens with one attached hydrogen (secondary N) is 1. The summed E-state index contributed by atoms with van der Waals surface area (Å²) in [5, 5.41) is 3.81. The van der Waals surface area contributed by atoms with Gasteiger partial charge in [0.05, 0.1) is 0 Å². The first-order valence-electron chi connectivity index (χ1n) is 11.8. The molecule has 0 spiro atoms. The van der Waals surface area contributed by atoms with Crippen LogP contribution in [0.1, 0.15) is 105 Å². The van der Waals surface area contributed by atoms with E-state index < -0.39 is 7.82 Å². The maximum atomic E-state index is 8.88. The second-order valence-corrected chi connectivity index (χ2v) is 14.2. The van der Waals surface area contributed by atoms with Crippen molar-refractivity contribution in [2.45, 2.75) is 105 Å². The number of rotatable bonds is 2. The number of hydrogen-bond donors (Lipinski definition) is 4. The lowest BCUT2D eigenvalue weighted by atomic mass is 9.79. The minimum Gasteiger partial charge on any atom is -0.355 e. The van der Waals surface area contributed by atoms with Crippen molar-refractivity contribution in [1.82, 2.24) is 0 Å². The highest BCUT2D eigenvalue weighted by molar-refractivity contribution is 7.45. The maximum absolute atomic E-state index is 8.88. The van der Waals surface area contributed by atoms with Crippen LogP contribution in [0, 0.1) is 0 Å². The van der Waals surface area contributed by atoms with Crippen molar-refractivity contribution in [3.63, 3.8) is 0 Å². The van der Waals surface area contributed by atoms with Crippen molar-refractivity contribution in [2.75, 3.05) is 5.32 Å². The van der Waals surface area contributed by atoms with Gasteiger partial charge in [0.1, 0.15) is 0 Å². The molecular weight excluding hydrogens is 445 g/mol. The molecule has 2 aromatic rings. The molecule has 0 fully saturated rings. The Hall–Kier alpha value is -1.65. The van der Waals surface area contributed by atoms with Gasteiger partial charge in [0.2, 0.25) is 0 Å². The Labute approximate surface area is 207 Å². The summed E-state index contributed by atoms with van der Waals surface area (Å²) in [6, 6.07) is 13.9. The molecule has 0 amide bonds. The highest BCUT2D eigenvalue weighted by atomic mass is 31.2. The van der Waals surface area contributed by atoms with Gasteiger partial charge in [-0.15, -0.1) is 0 Å². The summed E-state index contributed by atoms with van der Waals surface area (Å²) in [7, 11) is -4.64. The van der Waals surface area contributed by atoms with Crippen LogP contribution in [0.5, 0.6) is 0 Å². The Bertz CT molecular complexity index is 945. The van der Waals surface area contributed by atoms with Crippen LogP contribution in [-0.2, 0) is 26.2 Å². The second kappa shape index (κ2) is 10.1. The van der Waals surface area contributed by atoms with Crippen LogP contribution < -0.4 is 5.32 Å². The van der Waals surface area contributed by atoms with Crippen LogP contribution >= 0.6 is 7.82 Å². The molecule has 0 bridgehead atoms. The monoisotopic (exact) mass is 491 g/mol. The smallest absolute Gasteiger partial charge is 0.355 e. The van der Waals surface area contributed by atoms with Crippen molar-refractivity contribution < 1.29 is 19.2 Å². The molecule has 0 atom stereocenters. The SMILES string of the molecule is CC(C)(C)c1ccc(Nc2ccc(C(C)(C)C)cc2C(C)(C)C)c(C(C)(C)C)c1.O=P(O)(O)O. The number of phosphoric acid groups is 1. The molecule has 0 aliphatic rings. The van der Waals surface area contributed by atoms with Crippen LogP contribution in [0.25, 0.3) is 0 Å². The topological polar surface area (TPSA) is 89.8 Å². The fourth-order valence-corrected chi connectivity index (χ4v) is 3.63. The molecule has 6 heteroatoms. The van der Waals surface area contributed by atoms with Crippen molar-refractivity contribution >= 4 is 19.2 Å². The van der Waals surface area contributed by atoms with Gasteiger partial charge >= 0.3 is 7.82 Å². The summed E-state index contributed by atoms with van der Waals surface area (Å²) < 4.78 is 8.88. The molecule has 0 heterocycles. The van der Waals surface area contributed by atoms with Gasteiger partial charge in [-0.2, -0.15) is 0 Å². The fraction of sp³-hybridized carbons (Fsp3) is 0.571. The highest BCUT2D eigenvalue weighted by Gasteiger charge is 2.25. The third-order valence-electron chi connectivity index (χ3n) is 5.66. The second-order valence-electron chi connectivity index (χ2n) is 13.2. The van der Waals surface area contributed by atoms with Crippen LogP contribution in [0.4, 0.5) is 11.4 Å². The Morgan fingerprint density at radius 3 is 1.03 bits per heavy atom. The average molecular weight is 492 g/mol. The summed E-state index contributed by atoms with van der Waals surface area (Å²) in [6.45, 7) is 27.5. The van der Waals surface area contributed by atoms with Crippen LogP contribution in [0.2, 0.25) is 0 Å². The van der Waals surface area contributed by atoms with Crippen molar-refractivity contribution in [1.29, 1.82) is 0 Å². The molecule has 0 aliphatic heterocycles. The Kier molecular flexibility index (Phi) is 9.07. The standard InChI is InChI=1S/C28H43N.H3O4P/c1-25(2,3)19-13-15-23(21(17-19)27(7,8)9)29-24-16-14-20(26(4,5)6)18-22(24)28(10,11)12;1-5(2,3)4/h13-18,29H,1-12H3;(H3,1,2,3,4). The Morgan fingerprint density at radius 2 is 0.824 bits per heavy atom. The summed E-state index contributed by atoms with van der Waals surface area (Å²) in [5.74, 6) is 0. The van der Waals surface area contributed by atoms with E-state index in [9.17, 15) is 0 Å². The van der Waals surface area contributed by atoms with Crippen LogP contribution in [0.3, 0.4) is 0 Å². The van der Waals surface area contributed by atoms with Crippen LogP contribution in [0.15, 0.2) is 36.4 Å². The fourth-order valence-electron chi connectivity index (χ4n) is 3.63. The molecule has 2 rings (SSSR count). The molecule has 0 saturated heterocycles. The van der Waals surface area contributed by atoms with E-state index in [1.54, 1.807) is 0 Å². The Morgan fingerprint density at radius 1 is 0.559 bits per heavy atom. The normalized spacial score (nSPS) is 13.3. The van der Waals surface area contributed by atoms with Gasteiger partial charge in [0.25, 0.3) is 0 Å². The lowest BCUT2D eigenvalue weighted by molar-refractivity contribution is 0.275. The van der Waals surface area contributed by atoms with E-state index in [1.165, 1.54) is 33.6 Å². The molecule has 0 aliphatic carbocycles. The molecule has 4 N–H and O–H groups in total. The molecule has 5 nitrogen and oxygen atoms in total. The number of hydrogen-bond acceptors (Lipinski definition) is 2. The third kappa shape index (κ3) is 9.54. The maximum Gasteiger partial charge on any atom is 0.466 e.